The smallest absolute Gasteiger partial charge is 0.265 e. The molecular weight excluding hydrogens is 408 g/mol. The van der Waals surface area contributed by atoms with Crippen LogP contribution in [0.25, 0.3) is 0 Å². The van der Waals surface area contributed by atoms with E-state index in [1.165, 1.54) is 29.7 Å². The summed E-state index contributed by atoms with van der Waals surface area (Å²) in [6.07, 6.45) is 2.46. The molecule has 31 heavy (non-hydrogen) atoms. The van der Waals surface area contributed by atoms with Gasteiger partial charge < -0.3 is 10.2 Å². The first-order valence-corrected chi connectivity index (χ1v) is 12.0. The van der Waals surface area contributed by atoms with Crippen molar-refractivity contribution in [2.24, 2.45) is 17.3 Å². The van der Waals surface area contributed by atoms with Crippen LogP contribution in [0.2, 0.25) is 0 Å². The molecule has 0 bridgehead atoms. The highest BCUT2D eigenvalue weighted by Crippen LogP contribution is 2.45. The molecule has 1 saturated carbocycles. The van der Waals surface area contributed by atoms with Crippen LogP contribution in [0, 0.1) is 31.1 Å². The molecule has 1 unspecified atom stereocenters. The fraction of sp³-hybridized carbons (Fsp3) is 0.542. The Morgan fingerprint density at radius 3 is 2.55 bits per heavy atom. The zero-order valence-corrected chi connectivity index (χ0v) is 19.1. The fourth-order valence-electron chi connectivity index (χ4n) is 5.14. The number of carbonyl (C=O) groups is 2. The van der Waals surface area contributed by atoms with Crippen molar-refractivity contribution in [2.45, 2.75) is 33.2 Å². The Balaban J connectivity index is 1.30. The van der Waals surface area contributed by atoms with Crippen molar-refractivity contribution in [3.63, 3.8) is 0 Å². The van der Waals surface area contributed by atoms with E-state index in [4.69, 9.17) is 0 Å². The number of hydrogen-bond acceptors (Lipinski definition) is 5. The van der Waals surface area contributed by atoms with Crippen LogP contribution in [-0.2, 0) is 11.3 Å². The zero-order valence-electron chi connectivity index (χ0n) is 18.3. The van der Waals surface area contributed by atoms with Crippen LogP contribution >= 0.6 is 11.3 Å². The van der Waals surface area contributed by atoms with Gasteiger partial charge in [0.25, 0.3) is 5.91 Å². The average molecular weight is 439 g/mol. The van der Waals surface area contributed by atoms with Gasteiger partial charge in [0.1, 0.15) is 4.88 Å². The minimum absolute atomic E-state index is 0.0624. The predicted molar refractivity (Wildman–Crippen MR) is 121 cm³/mol. The molecule has 1 N–H and O–H groups in total. The lowest BCUT2D eigenvalue weighted by molar-refractivity contribution is -0.131. The zero-order chi connectivity index (χ0) is 21.6. The molecule has 1 spiro atoms. The lowest BCUT2D eigenvalue weighted by atomic mass is 9.71. The minimum atomic E-state index is -0.147. The summed E-state index contributed by atoms with van der Waals surface area (Å²) in [7, 11) is 0. The molecular formula is C24H30N4O2S. The van der Waals surface area contributed by atoms with Crippen LogP contribution in [-0.4, -0.2) is 59.3 Å². The van der Waals surface area contributed by atoms with Gasteiger partial charge in [-0.1, -0.05) is 30.3 Å². The SMILES string of the molecule is Cc1nc(C)c(C(=O)N2CC3(CN(Cc4ccccc4)CC3C(=O)NCC3CC3)C2)s1. The maximum atomic E-state index is 13.1. The number of nitrogens with one attached hydrogen (secondary N) is 1. The fourth-order valence-corrected chi connectivity index (χ4v) is 6.02. The average Bonchev–Trinajstić information content (AvgIpc) is 3.39. The third-order valence-corrected chi connectivity index (χ3v) is 8.00. The largest absolute Gasteiger partial charge is 0.356 e. The Kier molecular flexibility index (Phi) is 5.34. The summed E-state index contributed by atoms with van der Waals surface area (Å²) >= 11 is 1.47. The standard InChI is InChI=1S/C24H30N4O2S/c1-16-21(31-17(2)26-16)23(30)28-14-24(15-28)13-27(11-19-6-4-3-5-7-19)12-20(24)22(29)25-10-18-8-9-18/h3-7,18,20H,8-15H2,1-2H3,(H,25,29). The van der Waals surface area contributed by atoms with Crippen LogP contribution in [0.15, 0.2) is 30.3 Å². The number of likely N-dealkylation sites (tertiary alicyclic amines) is 2. The van der Waals surface area contributed by atoms with Gasteiger partial charge in [-0.15, -0.1) is 11.3 Å². The number of thiazole rings is 1. The summed E-state index contributed by atoms with van der Waals surface area (Å²) in [5.74, 6) is 0.828. The van der Waals surface area contributed by atoms with Gasteiger partial charge in [-0.25, -0.2) is 4.98 Å². The van der Waals surface area contributed by atoms with Crippen LogP contribution in [0.3, 0.4) is 0 Å². The number of aryl methyl sites for hydroxylation is 2. The van der Waals surface area contributed by atoms with E-state index >= 15 is 0 Å². The normalized spacial score (nSPS) is 22.5. The molecule has 6 nitrogen and oxygen atoms in total. The Hall–Kier alpha value is -2.25. The maximum Gasteiger partial charge on any atom is 0.265 e. The first-order chi connectivity index (χ1) is 14.9. The van der Waals surface area contributed by atoms with Gasteiger partial charge in [0, 0.05) is 44.7 Å². The summed E-state index contributed by atoms with van der Waals surface area (Å²) in [6.45, 7) is 8.38. The highest BCUT2D eigenvalue weighted by molar-refractivity contribution is 7.13. The second-order valence-corrected chi connectivity index (χ2v) is 10.8. The number of nitrogens with zero attached hydrogens (tertiary/aromatic N) is 3. The number of amides is 2. The molecule has 7 heteroatoms. The molecule has 2 aliphatic heterocycles. The van der Waals surface area contributed by atoms with Crippen molar-refractivity contribution in [3.05, 3.63) is 51.5 Å². The molecule has 2 saturated heterocycles. The van der Waals surface area contributed by atoms with Crippen LogP contribution in [0.4, 0.5) is 0 Å². The molecule has 2 aromatic rings. The van der Waals surface area contributed by atoms with E-state index in [1.807, 2.05) is 24.8 Å². The Bertz CT molecular complexity index is 979. The first-order valence-electron chi connectivity index (χ1n) is 11.2. The molecule has 1 aromatic heterocycles. The maximum absolute atomic E-state index is 13.1. The van der Waals surface area contributed by atoms with Gasteiger partial charge in [0.15, 0.2) is 0 Å². The van der Waals surface area contributed by atoms with Gasteiger partial charge in [0.05, 0.1) is 16.6 Å². The Labute approximate surface area is 187 Å². The predicted octanol–water partition coefficient (Wildman–Crippen LogP) is 2.86. The third kappa shape index (κ3) is 4.13. The highest BCUT2D eigenvalue weighted by atomic mass is 32.1. The van der Waals surface area contributed by atoms with Gasteiger partial charge in [-0.05, 0) is 38.2 Å². The van der Waals surface area contributed by atoms with Crippen molar-refractivity contribution in [1.29, 1.82) is 0 Å². The van der Waals surface area contributed by atoms with Gasteiger partial charge in [-0.2, -0.15) is 0 Å². The molecule has 3 aliphatic rings. The Morgan fingerprint density at radius 1 is 1.16 bits per heavy atom. The number of hydrogen-bond donors (Lipinski definition) is 1. The summed E-state index contributed by atoms with van der Waals surface area (Å²) in [4.78, 5) is 35.6. The van der Waals surface area contributed by atoms with Crippen LogP contribution < -0.4 is 5.32 Å². The van der Waals surface area contributed by atoms with E-state index in [-0.39, 0.29) is 23.1 Å². The molecule has 0 radical (unpaired) electrons. The van der Waals surface area contributed by atoms with E-state index in [2.05, 4.69) is 39.5 Å². The molecule has 3 fully saturated rings. The molecule has 5 rings (SSSR count). The monoisotopic (exact) mass is 438 g/mol. The van der Waals surface area contributed by atoms with Crippen molar-refractivity contribution >= 4 is 23.2 Å². The van der Waals surface area contributed by atoms with Crippen molar-refractivity contribution in [3.8, 4) is 0 Å². The number of aromatic nitrogens is 1. The third-order valence-electron chi connectivity index (χ3n) is 6.94. The van der Waals surface area contributed by atoms with E-state index < -0.39 is 0 Å². The van der Waals surface area contributed by atoms with Crippen LogP contribution in [0.5, 0.6) is 0 Å². The topological polar surface area (TPSA) is 65.5 Å². The molecule has 1 aromatic carbocycles. The van der Waals surface area contributed by atoms with Gasteiger partial charge >= 0.3 is 0 Å². The van der Waals surface area contributed by atoms with Crippen LogP contribution in [0.1, 0.15) is 38.8 Å². The summed E-state index contributed by atoms with van der Waals surface area (Å²) < 4.78 is 0. The number of benzene rings is 1. The van der Waals surface area contributed by atoms with E-state index in [0.29, 0.717) is 19.0 Å². The number of carbonyl (C=O) groups excluding carboxylic acids is 2. The molecule has 164 valence electrons. The Morgan fingerprint density at radius 2 is 1.90 bits per heavy atom. The summed E-state index contributed by atoms with van der Waals surface area (Å²) in [5, 5.41) is 4.13. The lowest BCUT2D eigenvalue weighted by Crippen LogP contribution is -2.64. The van der Waals surface area contributed by atoms with Crippen molar-refractivity contribution in [1.82, 2.24) is 20.1 Å². The molecule has 1 atom stereocenters. The first kappa shape index (κ1) is 20.6. The van der Waals surface area contributed by atoms with E-state index in [9.17, 15) is 9.59 Å². The lowest BCUT2D eigenvalue weighted by Gasteiger charge is -2.50. The molecule has 1 aliphatic carbocycles. The molecule has 2 amide bonds. The minimum Gasteiger partial charge on any atom is -0.356 e. The second kappa shape index (κ2) is 8.02. The number of rotatable bonds is 6. The quantitative estimate of drug-likeness (QED) is 0.753. The van der Waals surface area contributed by atoms with Crippen molar-refractivity contribution in [2.75, 3.05) is 32.7 Å². The summed E-state index contributed by atoms with van der Waals surface area (Å²) in [5.41, 5.74) is 1.93. The van der Waals surface area contributed by atoms with E-state index in [0.717, 1.165) is 41.8 Å². The molecule has 3 heterocycles. The van der Waals surface area contributed by atoms with Gasteiger partial charge in [0.2, 0.25) is 5.91 Å². The van der Waals surface area contributed by atoms with Crippen molar-refractivity contribution < 1.29 is 9.59 Å². The highest BCUT2D eigenvalue weighted by Gasteiger charge is 2.58. The summed E-state index contributed by atoms with van der Waals surface area (Å²) in [6, 6.07) is 10.4. The van der Waals surface area contributed by atoms with E-state index in [1.54, 1.807) is 0 Å². The second-order valence-electron chi connectivity index (χ2n) is 9.57. The van der Waals surface area contributed by atoms with Gasteiger partial charge in [-0.3, -0.25) is 14.5 Å².